The molecule has 0 amide bonds. The van der Waals surface area contributed by atoms with Crippen LogP contribution in [0.25, 0.3) is 0 Å². The maximum Gasteiger partial charge on any atom is 0.132 e. The summed E-state index contributed by atoms with van der Waals surface area (Å²) in [5.74, 6) is 1.39. The summed E-state index contributed by atoms with van der Waals surface area (Å²) in [7, 11) is 0. The second kappa shape index (κ2) is 4.82. The van der Waals surface area contributed by atoms with Crippen molar-refractivity contribution in [2.45, 2.75) is 45.4 Å². The quantitative estimate of drug-likeness (QED) is 0.733. The Balaban J connectivity index is 1.99. The molecule has 0 aromatic heterocycles. The first kappa shape index (κ1) is 11.4. The smallest absolute Gasteiger partial charge is 0.132 e. The first-order valence-electron chi connectivity index (χ1n) is 6.24. The summed E-state index contributed by atoms with van der Waals surface area (Å²) in [6.07, 6.45) is 4.50. The van der Waals surface area contributed by atoms with Crippen molar-refractivity contribution in [3.63, 3.8) is 0 Å². The van der Waals surface area contributed by atoms with Gasteiger partial charge in [-0.3, -0.25) is 4.79 Å². The van der Waals surface area contributed by atoms with E-state index in [1.807, 2.05) is 0 Å². The topological polar surface area (TPSA) is 17.1 Å². The van der Waals surface area contributed by atoms with Crippen LogP contribution in [0.5, 0.6) is 0 Å². The van der Waals surface area contributed by atoms with E-state index in [1.165, 1.54) is 24.0 Å². The lowest BCUT2D eigenvalue weighted by molar-refractivity contribution is -0.121. The van der Waals surface area contributed by atoms with E-state index in [-0.39, 0.29) is 0 Å². The highest BCUT2D eigenvalue weighted by molar-refractivity contribution is 5.78. The molecule has 0 N–H and O–H groups in total. The van der Waals surface area contributed by atoms with E-state index in [4.69, 9.17) is 0 Å². The van der Waals surface area contributed by atoms with Gasteiger partial charge in [0.1, 0.15) is 5.78 Å². The monoisotopic (exact) mass is 216 g/mol. The van der Waals surface area contributed by atoms with Crippen LogP contribution in [0.2, 0.25) is 0 Å². The highest BCUT2D eigenvalue weighted by Crippen LogP contribution is 2.35. The first-order valence-corrected chi connectivity index (χ1v) is 6.24. The van der Waals surface area contributed by atoms with Gasteiger partial charge in [-0.25, -0.2) is 0 Å². The van der Waals surface area contributed by atoms with Crippen molar-refractivity contribution in [1.82, 2.24) is 0 Å². The molecule has 1 aromatic carbocycles. The summed E-state index contributed by atoms with van der Waals surface area (Å²) in [4.78, 5) is 11.3. The molecular formula is C15H20O. The van der Waals surface area contributed by atoms with Crippen LogP contribution in [0.15, 0.2) is 24.3 Å². The average molecular weight is 216 g/mol. The highest BCUT2D eigenvalue weighted by Gasteiger charge is 2.24. The van der Waals surface area contributed by atoms with Crippen molar-refractivity contribution in [2.24, 2.45) is 5.92 Å². The van der Waals surface area contributed by atoms with Crippen LogP contribution in [-0.2, 0) is 4.79 Å². The number of benzene rings is 1. The molecule has 0 atom stereocenters. The molecule has 0 radical (unpaired) electrons. The predicted octanol–water partition coefficient (Wildman–Crippen LogP) is 3.86. The van der Waals surface area contributed by atoms with Crippen molar-refractivity contribution in [3.8, 4) is 0 Å². The van der Waals surface area contributed by atoms with Gasteiger partial charge in [0.25, 0.3) is 0 Å². The Hall–Kier alpha value is -1.11. The van der Waals surface area contributed by atoms with Crippen molar-refractivity contribution in [1.29, 1.82) is 0 Å². The van der Waals surface area contributed by atoms with Crippen molar-refractivity contribution >= 4 is 5.78 Å². The van der Waals surface area contributed by atoms with Crippen molar-refractivity contribution < 1.29 is 4.79 Å². The molecule has 2 rings (SSSR count). The Bertz CT molecular complexity index is 356. The van der Waals surface area contributed by atoms with Gasteiger partial charge in [0.2, 0.25) is 0 Å². The number of rotatable bonds is 2. The Labute approximate surface area is 97.9 Å². The molecular weight excluding hydrogens is 196 g/mol. The number of ketones is 1. The number of aryl methyl sites for hydroxylation is 1. The van der Waals surface area contributed by atoms with Crippen LogP contribution < -0.4 is 0 Å². The molecule has 0 heterocycles. The van der Waals surface area contributed by atoms with E-state index in [2.05, 4.69) is 31.2 Å². The second-order valence-corrected chi connectivity index (χ2v) is 5.07. The summed E-state index contributed by atoms with van der Waals surface area (Å²) in [6.45, 7) is 3.85. The van der Waals surface area contributed by atoms with Gasteiger partial charge in [0.05, 0.1) is 0 Å². The molecule has 16 heavy (non-hydrogen) atoms. The predicted molar refractivity (Wildman–Crippen MR) is 66.6 cm³/mol. The van der Waals surface area contributed by atoms with E-state index in [9.17, 15) is 4.79 Å². The van der Waals surface area contributed by atoms with E-state index < -0.39 is 0 Å². The highest BCUT2D eigenvalue weighted by atomic mass is 16.1. The van der Waals surface area contributed by atoms with Gasteiger partial charge in [-0.05, 0) is 51.0 Å². The number of Topliss-reactive ketones (excluding diaryl/α,β-unsaturated/α-hetero) is 1. The minimum atomic E-state index is 0.335. The van der Waals surface area contributed by atoms with E-state index in [0.29, 0.717) is 17.6 Å². The molecule has 1 nitrogen and oxygen atoms in total. The zero-order valence-corrected chi connectivity index (χ0v) is 10.2. The average Bonchev–Trinajstić information content (AvgIpc) is 2.30. The fourth-order valence-electron chi connectivity index (χ4n) is 2.67. The van der Waals surface area contributed by atoms with E-state index in [0.717, 1.165) is 12.8 Å². The van der Waals surface area contributed by atoms with Gasteiger partial charge in [0.15, 0.2) is 0 Å². The molecule has 1 fully saturated rings. The summed E-state index contributed by atoms with van der Waals surface area (Å²) in [5.41, 5.74) is 2.77. The van der Waals surface area contributed by atoms with Crippen LogP contribution >= 0.6 is 0 Å². The van der Waals surface area contributed by atoms with Crippen LogP contribution in [-0.4, -0.2) is 5.78 Å². The normalized spacial score (nSPS) is 25.4. The molecule has 0 spiro atoms. The molecule has 0 saturated heterocycles. The van der Waals surface area contributed by atoms with Gasteiger partial charge in [-0.1, -0.05) is 29.8 Å². The second-order valence-electron chi connectivity index (χ2n) is 5.07. The van der Waals surface area contributed by atoms with E-state index >= 15 is 0 Å². The third kappa shape index (κ3) is 2.52. The van der Waals surface area contributed by atoms with Gasteiger partial charge in [-0.15, -0.1) is 0 Å². The van der Waals surface area contributed by atoms with Gasteiger partial charge < -0.3 is 0 Å². The largest absolute Gasteiger partial charge is 0.300 e. The minimum absolute atomic E-state index is 0.335. The molecule has 1 aliphatic rings. The lowest BCUT2D eigenvalue weighted by Crippen LogP contribution is -2.18. The minimum Gasteiger partial charge on any atom is -0.300 e. The number of hydrogen-bond acceptors (Lipinski definition) is 1. The standard InChI is InChI=1S/C15H20O/c1-11-3-5-14(6-4-11)15-9-7-13(8-10-15)12(2)16/h3-6,13,15H,7-10H2,1-2H3. The van der Waals surface area contributed by atoms with Gasteiger partial charge in [-0.2, -0.15) is 0 Å². The zero-order chi connectivity index (χ0) is 11.5. The molecule has 0 bridgehead atoms. The third-order valence-corrected chi connectivity index (χ3v) is 3.85. The number of carbonyl (C=O) groups excluding carboxylic acids is 1. The Kier molecular flexibility index (Phi) is 3.42. The summed E-state index contributed by atoms with van der Waals surface area (Å²) in [5, 5.41) is 0. The first-order chi connectivity index (χ1) is 7.66. The summed E-state index contributed by atoms with van der Waals surface area (Å²) < 4.78 is 0. The molecule has 0 aliphatic heterocycles. The Morgan fingerprint density at radius 3 is 2.12 bits per heavy atom. The van der Waals surface area contributed by atoms with Crippen LogP contribution in [0, 0.1) is 12.8 Å². The number of hydrogen-bond donors (Lipinski definition) is 0. The molecule has 1 saturated carbocycles. The Morgan fingerprint density at radius 2 is 1.62 bits per heavy atom. The fourth-order valence-corrected chi connectivity index (χ4v) is 2.67. The molecule has 86 valence electrons. The summed E-state index contributed by atoms with van der Waals surface area (Å²) in [6, 6.07) is 8.86. The van der Waals surface area contributed by atoms with Crippen LogP contribution in [0.4, 0.5) is 0 Å². The van der Waals surface area contributed by atoms with Gasteiger partial charge in [0, 0.05) is 5.92 Å². The van der Waals surface area contributed by atoms with Crippen LogP contribution in [0.3, 0.4) is 0 Å². The summed E-state index contributed by atoms with van der Waals surface area (Å²) >= 11 is 0. The Morgan fingerprint density at radius 1 is 1.06 bits per heavy atom. The maximum atomic E-state index is 11.3. The van der Waals surface area contributed by atoms with Crippen LogP contribution in [0.1, 0.15) is 49.7 Å². The van der Waals surface area contributed by atoms with E-state index in [1.54, 1.807) is 6.92 Å². The zero-order valence-electron chi connectivity index (χ0n) is 10.2. The number of carbonyl (C=O) groups is 1. The third-order valence-electron chi connectivity index (χ3n) is 3.85. The lowest BCUT2D eigenvalue weighted by Gasteiger charge is -2.27. The van der Waals surface area contributed by atoms with Gasteiger partial charge >= 0.3 is 0 Å². The maximum absolute atomic E-state index is 11.3. The molecule has 1 heteroatoms. The fraction of sp³-hybridized carbons (Fsp3) is 0.533. The van der Waals surface area contributed by atoms with Crippen molar-refractivity contribution in [3.05, 3.63) is 35.4 Å². The molecule has 1 aliphatic carbocycles. The molecule has 0 unspecified atom stereocenters. The SMILES string of the molecule is CC(=O)C1CCC(c2ccc(C)cc2)CC1. The van der Waals surface area contributed by atoms with Crippen molar-refractivity contribution in [2.75, 3.05) is 0 Å². The lowest BCUT2D eigenvalue weighted by atomic mass is 9.77. The molecule has 1 aromatic rings.